The number of halogens is 3. The van der Waals surface area contributed by atoms with Crippen molar-refractivity contribution < 1.29 is 13.6 Å². The van der Waals surface area contributed by atoms with Crippen LogP contribution in [-0.2, 0) is 10.2 Å². The van der Waals surface area contributed by atoms with Crippen molar-refractivity contribution in [3.05, 3.63) is 64.7 Å². The molecule has 2 nitrogen and oxygen atoms in total. The lowest BCUT2D eigenvalue weighted by molar-refractivity contribution is -0.124. The number of carbonyl (C=O) groups is 1. The van der Waals surface area contributed by atoms with Gasteiger partial charge in [-0.15, -0.1) is 0 Å². The Morgan fingerprint density at radius 2 is 1.82 bits per heavy atom. The van der Waals surface area contributed by atoms with Crippen LogP contribution in [0.25, 0.3) is 0 Å². The van der Waals surface area contributed by atoms with Crippen molar-refractivity contribution >= 4 is 23.2 Å². The molecule has 1 aliphatic carbocycles. The minimum Gasteiger partial charge on any atom is -0.324 e. The number of amides is 1. The third kappa shape index (κ3) is 2.59. The zero-order valence-electron chi connectivity index (χ0n) is 11.7. The van der Waals surface area contributed by atoms with E-state index < -0.39 is 11.2 Å². The van der Waals surface area contributed by atoms with E-state index in [2.05, 4.69) is 5.32 Å². The summed E-state index contributed by atoms with van der Waals surface area (Å²) in [7, 11) is 0. The number of hydrogen-bond donors (Lipinski definition) is 1. The predicted molar refractivity (Wildman–Crippen MR) is 82.0 cm³/mol. The van der Waals surface area contributed by atoms with E-state index in [-0.39, 0.29) is 16.7 Å². The zero-order chi connectivity index (χ0) is 15.7. The van der Waals surface area contributed by atoms with Gasteiger partial charge >= 0.3 is 0 Å². The first-order valence-electron chi connectivity index (χ1n) is 7.04. The molecule has 0 aromatic heterocycles. The maximum Gasteiger partial charge on any atom is 0.235 e. The number of carbonyl (C=O) groups excluding carboxylic acids is 1. The first-order chi connectivity index (χ1) is 10.5. The first kappa shape index (κ1) is 15.0. The molecule has 0 unspecified atom stereocenters. The van der Waals surface area contributed by atoms with Gasteiger partial charge in [0.25, 0.3) is 0 Å². The first-order valence-corrected chi connectivity index (χ1v) is 7.42. The van der Waals surface area contributed by atoms with Crippen LogP contribution in [0.5, 0.6) is 0 Å². The van der Waals surface area contributed by atoms with E-state index in [1.807, 2.05) is 0 Å². The van der Waals surface area contributed by atoms with Crippen LogP contribution in [0.15, 0.2) is 42.5 Å². The van der Waals surface area contributed by atoms with Crippen molar-refractivity contribution in [3.8, 4) is 0 Å². The van der Waals surface area contributed by atoms with Crippen LogP contribution in [0.2, 0.25) is 5.02 Å². The highest BCUT2D eigenvalue weighted by Crippen LogP contribution is 2.45. The lowest BCUT2D eigenvalue weighted by Gasteiger charge is -2.40. The molecular weight excluding hydrogens is 308 g/mol. The molecule has 5 heteroatoms. The van der Waals surface area contributed by atoms with Crippen LogP contribution in [0.3, 0.4) is 0 Å². The van der Waals surface area contributed by atoms with Gasteiger partial charge in [0.2, 0.25) is 5.91 Å². The van der Waals surface area contributed by atoms with Gasteiger partial charge in [0, 0.05) is 0 Å². The summed E-state index contributed by atoms with van der Waals surface area (Å²) in [6, 6.07) is 9.91. The molecule has 1 amide bonds. The number of nitrogens with one attached hydrogen (secondary N) is 1. The zero-order valence-corrected chi connectivity index (χ0v) is 12.5. The summed E-state index contributed by atoms with van der Waals surface area (Å²) >= 11 is 5.94. The maximum absolute atomic E-state index is 13.5. The highest BCUT2D eigenvalue weighted by Gasteiger charge is 2.45. The monoisotopic (exact) mass is 321 g/mol. The van der Waals surface area contributed by atoms with Crippen molar-refractivity contribution in [2.75, 3.05) is 5.32 Å². The van der Waals surface area contributed by atoms with Crippen molar-refractivity contribution in [1.29, 1.82) is 0 Å². The molecule has 2 aromatic rings. The summed E-state index contributed by atoms with van der Waals surface area (Å²) in [6.45, 7) is 0. The average Bonchev–Trinajstić information content (AvgIpc) is 2.41. The third-order valence-corrected chi connectivity index (χ3v) is 4.51. The maximum atomic E-state index is 13.5. The standard InChI is InChI=1S/C17H14ClF2NO/c18-14-10-13(20)5-6-15(14)21-16(22)17(7-2-8-17)11-3-1-4-12(19)9-11/h1,3-6,9-10H,2,7-8H2,(H,21,22). The second kappa shape index (κ2) is 5.69. The van der Waals surface area contributed by atoms with Crippen LogP contribution in [0.4, 0.5) is 14.5 Å². The van der Waals surface area contributed by atoms with E-state index in [4.69, 9.17) is 11.6 Å². The summed E-state index contributed by atoms with van der Waals surface area (Å²) < 4.78 is 26.5. The average molecular weight is 322 g/mol. The minimum absolute atomic E-state index is 0.141. The summed E-state index contributed by atoms with van der Waals surface area (Å²) in [5.41, 5.74) is 0.282. The fraction of sp³-hybridized carbons (Fsp3) is 0.235. The van der Waals surface area contributed by atoms with Gasteiger partial charge in [-0.3, -0.25) is 4.79 Å². The number of anilines is 1. The summed E-state index contributed by atoms with van der Waals surface area (Å²) in [4.78, 5) is 12.7. The third-order valence-electron chi connectivity index (χ3n) is 4.20. The molecule has 1 aliphatic rings. The second-order valence-corrected chi connectivity index (χ2v) is 5.93. The summed E-state index contributed by atoms with van der Waals surface area (Å²) in [6.07, 6.45) is 2.21. The van der Waals surface area contributed by atoms with E-state index in [1.165, 1.54) is 24.3 Å². The van der Waals surface area contributed by atoms with Gasteiger partial charge in [-0.2, -0.15) is 0 Å². The summed E-state index contributed by atoms with van der Waals surface area (Å²) in [5.74, 6) is -1.07. The van der Waals surface area contributed by atoms with Crippen molar-refractivity contribution in [2.45, 2.75) is 24.7 Å². The van der Waals surface area contributed by atoms with Crippen LogP contribution in [0.1, 0.15) is 24.8 Å². The van der Waals surface area contributed by atoms with E-state index in [0.29, 0.717) is 24.1 Å². The van der Waals surface area contributed by atoms with Gasteiger partial charge < -0.3 is 5.32 Å². The molecule has 0 aliphatic heterocycles. The molecule has 0 spiro atoms. The molecule has 0 bridgehead atoms. The molecular formula is C17H14ClF2NO. The lowest BCUT2D eigenvalue weighted by atomic mass is 9.63. The van der Waals surface area contributed by atoms with Gasteiger partial charge in [-0.05, 0) is 48.7 Å². The topological polar surface area (TPSA) is 29.1 Å². The number of rotatable bonds is 3. The highest BCUT2D eigenvalue weighted by molar-refractivity contribution is 6.33. The van der Waals surface area contributed by atoms with Crippen LogP contribution >= 0.6 is 11.6 Å². The van der Waals surface area contributed by atoms with Crippen LogP contribution < -0.4 is 5.32 Å². The van der Waals surface area contributed by atoms with Crippen LogP contribution in [-0.4, -0.2) is 5.91 Å². The molecule has 0 atom stereocenters. The molecule has 2 aromatic carbocycles. The molecule has 0 radical (unpaired) electrons. The van der Waals surface area contributed by atoms with E-state index in [9.17, 15) is 13.6 Å². The fourth-order valence-electron chi connectivity index (χ4n) is 2.80. The van der Waals surface area contributed by atoms with Crippen molar-refractivity contribution in [2.24, 2.45) is 0 Å². The Morgan fingerprint density at radius 3 is 2.41 bits per heavy atom. The van der Waals surface area contributed by atoms with E-state index >= 15 is 0 Å². The molecule has 1 fully saturated rings. The Balaban J connectivity index is 1.89. The largest absolute Gasteiger partial charge is 0.324 e. The van der Waals surface area contributed by atoms with Crippen molar-refractivity contribution in [3.63, 3.8) is 0 Å². The lowest BCUT2D eigenvalue weighted by Crippen LogP contribution is -2.46. The molecule has 3 rings (SSSR count). The Bertz CT molecular complexity index is 728. The van der Waals surface area contributed by atoms with E-state index in [1.54, 1.807) is 12.1 Å². The predicted octanol–water partition coefficient (Wildman–Crippen LogP) is 4.68. The number of hydrogen-bond acceptors (Lipinski definition) is 1. The number of benzene rings is 2. The van der Waals surface area contributed by atoms with Crippen molar-refractivity contribution in [1.82, 2.24) is 0 Å². The molecule has 1 N–H and O–H groups in total. The molecule has 114 valence electrons. The van der Waals surface area contributed by atoms with Gasteiger partial charge in [-0.25, -0.2) is 8.78 Å². The SMILES string of the molecule is O=C(Nc1ccc(F)cc1Cl)C1(c2cccc(F)c2)CCC1. The van der Waals surface area contributed by atoms with Gasteiger partial charge in [0.1, 0.15) is 11.6 Å². The van der Waals surface area contributed by atoms with Gasteiger partial charge in [0.15, 0.2) is 0 Å². The fourth-order valence-corrected chi connectivity index (χ4v) is 3.01. The Morgan fingerprint density at radius 1 is 1.09 bits per heavy atom. The van der Waals surface area contributed by atoms with Gasteiger partial charge in [0.05, 0.1) is 16.1 Å². The Kier molecular flexibility index (Phi) is 3.87. The summed E-state index contributed by atoms with van der Waals surface area (Å²) in [5, 5.41) is 2.88. The molecule has 0 heterocycles. The molecule has 0 saturated heterocycles. The smallest absolute Gasteiger partial charge is 0.235 e. The van der Waals surface area contributed by atoms with Gasteiger partial charge in [-0.1, -0.05) is 30.2 Å². The second-order valence-electron chi connectivity index (χ2n) is 5.52. The minimum atomic E-state index is -0.736. The normalized spacial score (nSPS) is 16.0. The molecule has 1 saturated carbocycles. The Labute approximate surface area is 132 Å². The highest BCUT2D eigenvalue weighted by atomic mass is 35.5. The quantitative estimate of drug-likeness (QED) is 0.874. The van der Waals surface area contributed by atoms with E-state index in [0.717, 1.165) is 12.5 Å². The molecule has 22 heavy (non-hydrogen) atoms. The Hall–Kier alpha value is -1.94. The van der Waals surface area contributed by atoms with Crippen LogP contribution in [0, 0.1) is 11.6 Å².